The van der Waals surface area contributed by atoms with E-state index in [0.717, 1.165) is 28.2 Å². The van der Waals surface area contributed by atoms with E-state index in [9.17, 15) is 9.59 Å². The molecule has 1 fully saturated rings. The van der Waals surface area contributed by atoms with Crippen LogP contribution in [0.1, 0.15) is 23.3 Å². The van der Waals surface area contributed by atoms with Gasteiger partial charge < -0.3 is 14.8 Å². The number of piperidine rings is 1. The average Bonchev–Trinajstić information content (AvgIpc) is 2.96. The van der Waals surface area contributed by atoms with Gasteiger partial charge in [-0.2, -0.15) is 0 Å². The first-order valence-electron chi connectivity index (χ1n) is 7.74. The highest BCUT2D eigenvalue weighted by Gasteiger charge is 2.29. The highest BCUT2D eigenvalue weighted by molar-refractivity contribution is 9.10. The smallest absolute Gasteiger partial charge is 0.270 e. The molecular weight excluding hydrogens is 358 g/mol. The topological polar surface area (TPSA) is 56.4 Å². The highest BCUT2D eigenvalue weighted by Crippen LogP contribution is 2.23. The normalized spacial score (nSPS) is 15.9. The number of carbonyl (C=O) groups is 2. The first-order chi connectivity index (χ1) is 11.0. The Morgan fingerprint density at radius 2 is 1.91 bits per heavy atom. The molecule has 0 spiro atoms. The molecule has 1 aromatic heterocycles. The molecule has 0 unspecified atom stereocenters. The Kier molecular flexibility index (Phi) is 4.43. The van der Waals surface area contributed by atoms with E-state index < -0.39 is 0 Å². The Hall–Kier alpha value is -1.82. The number of rotatable bonds is 2. The Bertz CT molecular complexity index is 745. The van der Waals surface area contributed by atoms with Crippen molar-refractivity contribution in [3.8, 4) is 0 Å². The molecule has 0 aliphatic carbocycles. The fraction of sp³-hybridized carbons (Fsp3) is 0.412. The van der Waals surface area contributed by atoms with Crippen LogP contribution in [-0.4, -0.2) is 53.8 Å². The van der Waals surface area contributed by atoms with Gasteiger partial charge in [0.2, 0.25) is 5.91 Å². The number of hydrogen-bond donors (Lipinski definition) is 1. The lowest BCUT2D eigenvalue weighted by Gasteiger charge is -2.32. The van der Waals surface area contributed by atoms with Gasteiger partial charge in [0.25, 0.3) is 5.91 Å². The molecule has 3 rings (SSSR count). The van der Waals surface area contributed by atoms with Gasteiger partial charge in [-0.25, -0.2) is 0 Å². The van der Waals surface area contributed by atoms with Crippen LogP contribution in [0.4, 0.5) is 0 Å². The monoisotopic (exact) mass is 377 g/mol. The van der Waals surface area contributed by atoms with Crippen molar-refractivity contribution in [1.82, 2.24) is 14.8 Å². The molecule has 6 heteroatoms. The van der Waals surface area contributed by atoms with E-state index in [4.69, 9.17) is 0 Å². The molecule has 122 valence electrons. The summed E-state index contributed by atoms with van der Waals surface area (Å²) in [7, 11) is 3.56. The minimum absolute atomic E-state index is 0.00748. The largest absolute Gasteiger partial charge is 0.350 e. The molecule has 1 aliphatic rings. The molecule has 2 aromatic rings. The van der Waals surface area contributed by atoms with Crippen molar-refractivity contribution in [3.05, 3.63) is 34.4 Å². The van der Waals surface area contributed by atoms with Crippen LogP contribution in [0.25, 0.3) is 10.9 Å². The maximum absolute atomic E-state index is 12.7. The summed E-state index contributed by atoms with van der Waals surface area (Å²) in [5, 5.41) is 1.02. The summed E-state index contributed by atoms with van der Waals surface area (Å²) in [6.07, 6.45) is 1.46. The van der Waals surface area contributed by atoms with Gasteiger partial charge >= 0.3 is 0 Å². The van der Waals surface area contributed by atoms with Gasteiger partial charge in [-0.3, -0.25) is 9.59 Å². The Morgan fingerprint density at radius 3 is 2.57 bits per heavy atom. The van der Waals surface area contributed by atoms with E-state index in [-0.39, 0.29) is 17.7 Å². The molecule has 0 radical (unpaired) electrons. The van der Waals surface area contributed by atoms with Crippen molar-refractivity contribution in [2.45, 2.75) is 12.8 Å². The molecule has 1 saturated heterocycles. The molecule has 5 nitrogen and oxygen atoms in total. The zero-order valence-corrected chi connectivity index (χ0v) is 14.9. The predicted octanol–water partition coefficient (Wildman–Crippen LogP) is 2.87. The Balaban J connectivity index is 1.70. The van der Waals surface area contributed by atoms with Crippen LogP contribution in [0.15, 0.2) is 28.7 Å². The fourth-order valence-corrected chi connectivity index (χ4v) is 3.44. The van der Waals surface area contributed by atoms with Gasteiger partial charge in [0.15, 0.2) is 0 Å². The number of fused-ring (bicyclic) bond motifs is 1. The lowest BCUT2D eigenvalue weighted by atomic mass is 9.95. The van der Waals surface area contributed by atoms with Gasteiger partial charge in [0.1, 0.15) is 5.69 Å². The lowest BCUT2D eigenvalue weighted by molar-refractivity contribution is -0.134. The zero-order chi connectivity index (χ0) is 16.6. The quantitative estimate of drug-likeness (QED) is 0.874. The summed E-state index contributed by atoms with van der Waals surface area (Å²) < 4.78 is 0.980. The van der Waals surface area contributed by atoms with Crippen LogP contribution in [-0.2, 0) is 4.79 Å². The number of hydrogen-bond acceptors (Lipinski definition) is 2. The second kappa shape index (κ2) is 6.35. The van der Waals surface area contributed by atoms with E-state index in [2.05, 4.69) is 20.9 Å². The van der Waals surface area contributed by atoms with Gasteiger partial charge in [-0.15, -0.1) is 0 Å². The molecule has 0 bridgehead atoms. The number of carbonyl (C=O) groups excluding carboxylic acids is 2. The Labute approximate surface area is 143 Å². The van der Waals surface area contributed by atoms with Crippen molar-refractivity contribution in [3.63, 3.8) is 0 Å². The van der Waals surface area contributed by atoms with Crippen LogP contribution in [0.5, 0.6) is 0 Å². The lowest BCUT2D eigenvalue weighted by Crippen LogP contribution is -2.42. The summed E-state index contributed by atoms with van der Waals surface area (Å²) in [5.41, 5.74) is 1.55. The standard InChI is InChI=1S/C17H20BrN3O2/c1-20(2)16(22)11-5-7-21(8-6-11)17(23)15-9-12-3-4-13(18)10-14(12)19-15/h3-4,9-11,19H,5-8H2,1-2H3. The maximum Gasteiger partial charge on any atom is 0.270 e. The Morgan fingerprint density at radius 1 is 1.22 bits per heavy atom. The number of nitrogens with one attached hydrogen (secondary N) is 1. The molecule has 1 N–H and O–H groups in total. The summed E-state index contributed by atoms with van der Waals surface area (Å²) in [5.74, 6) is 0.202. The molecule has 1 aliphatic heterocycles. The van der Waals surface area contributed by atoms with Crippen LogP contribution in [0, 0.1) is 5.92 Å². The second-order valence-electron chi connectivity index (χ2n) is 6.21. The van der Waals surface area contributed by atoms with Gasteiger partial charge in [0, 0.05) is 48.5 Å². The van der Waals surface area contributed by atoms with Crippen molar-refractivity contribution < 1.29 is 9.59 Å². The summed E-state index contributed by atoms with van der Waals surface area (Å²) in [4.78, 5) is 31.3. The maximum atomic E-state index is 12.7. The van der Waals surface area contributed by atoms with E-state index >= 15 is 0 Å². The molecule has 1 aromatic carbocycles. The number of amides is 2. The third-order valence-corrected chi connectivity index (χ3v) is 4.88. The third-order valence-electron chi connectivity index (χ3n) is 4.39. The van der Waals surface area contributed by atoms with Crippen LogP contribution in [0.3, 0.4) is 0 Å². The molecule has 0 saturated carbocycles. The van der Waals surface area contributed by atoms with Crippen LogP contribution < -0.4 is 0 Å². The van der Waals surface area contributed by atoms with E-state index in [1.54, 1.807) is 19.0 Å². The van der Waals surface area contributed by atoms with Crippen LogP contribution in [0.2, 0.25) is 0 Å². The van der Waals surface area contributed by atoms with Crippen LogP contribution >= 0.6 is 15.9 Å². The van der Waals surface area contributed by atoms with E-state index in [0.29, 0.717) is 18.8 Å². The fourth-order valence-electron chi connectivity index (χ4n) is 3.08. The number of aromatic nitrogens is 1. The SMILES string of the molecule is CN(C)C(=O)C1CCN(C(=O)c2cc3ccc(Br)cc3[nH]2)CC1. The summed E-state index contributed by atoms with van der Waals surface area (Å²) in [6.45, 7) is 1.25. The first-order valence-corrected chi connectivity index (χ1v) is 8.53. The van der Waals surface area contributed by atoms with Gasteiger partial charge in [-0.05, 0) is 31.0 Å². The zero-order valence-electron chi connectivity index (χ0n) is 13.3. The number of H-pyrrole nitrogens is 1. The minimum Gasteiger partial charge on any atom is -0.350 e. The molecule has 0 atom stereocenters. The summed E-state index contributed by atoms with van der Waals surface area (Å²) >= 11 is 3.44. The van der Waals surface area contributed by atoms with E-state index in [1.165, 1.54) is 0 Å². The number of aromatic amines is 1. The number of benzene rings is 1. The third kappa shape index (κ3) is 3.27. The molecule has 2 heterocycles. The molecular formula is C17H20BrN3O2. The minimum atomic E-state index is 0.00748. The summed E-state index contributed by atoms with van der Waals surface area (Å²) in [6, 6.07) is 7.80. The number of likely N-dealkylation sites (tertiary alicyclic amines) is 1. The van der Waals surface area contributed by atoms with Crippen molar-refractivity contribution in [2.24, 2.45) is 5.92 Å². The number of halogens is 1. The molecule has 23 heavy (non-hydrogen) atoms. The molecule has 2 amide bonds. The first kappa shape index (κ1) is 16.1. The van der Waals surface area contributed by atoms with Gasteiger partial charge in [-0.1, -0.05) is 22.0 Å². The van der Waals surface area contributed by atoms with Crippen molar-refractivity contribution in [2.75, 3.05) is 27.2 Å². The van der Waals surface area contributed by atoms with Gasteiger partial charge in [0.05, 0.1) is 0 Å². The van der Waals surface area contributed by atoms with Crippen molar-refractivity contribution >= 4 is 38.6 Å². The van der Waals surface area contributed by atoms with Crippen molar-refractivity contribution in [1.29, 1.82) is 0 Å². The average molecular weight is 378 g/mol. The highest BCUT2D eigenvalue weighted by atomic mass is 79.9. The number of nitrogens with zero attached hydrogens (tertiary/aromatic N) is 2. The predicted molar refractivity (Wildman–Crippen MR) is 93.3 cm³/mol. The van der Waals surface area contributed by atoms with E-state index in [1.807, 2.05) is 29.2 Å². The second-order valence-corrected chi connectivity index (χ2v) is 7.13.